The smallest absolute Gasteiger partial charge is 0.306 e. The van der Waals surface area contributed by atoms with Crippen molar-refractivity contribution in [1.29, 1.82) is 0 Å². The van der Waals surface area contributed by atoms with E-state index in [0.29, 0.717) is 19.3 Å². The molecule has 0 aromatic carbocycles. The summed E-state index contributed by atoms with van der Waals surface area (Å²) in [4.78, 5) is 38.1. The first kappa shape index (κ1) is 61.4. The Morgan fingerprint density at radius 3 is 0.778 bits per heavy atom. The summed E-state index contributed by atoms with van der Waals surface area (Å²) in [5, 5.41) is 0. The van der Waals surface area contributed by atoms with Gasteiger partial charge in [0.2, 0.25) is 0 Å². The zero-order valence-electron chi connectivity index (χ0n) is 43.2. The van der Waals surface area contributed by atoms with Crippen LogP contribution in [0.4, 0.5) is 0 Å². The Labute approximate surface area is 393 Å². The summed E-state index contributed by atoms with van der Waals surface area (Å²) >= 11 is 0. The molecule has 0 saturated heterocycles. The van der Waals surface area contributed by atoms with Crippen LogP contribution in [0, 0.1) is 11.8 Å². The van der Waals surface area contributed by atoms with Crippen LogP contribution in [0.5, 0.6) is 0 Å². The number of hydrogen-bond acceptors (Lipinski definition) is 6. The molecule has 0 radical (unpaired) electrons. The first-order valence-corrected chi connectivity index (χ1v) is 28.2. The van der Waals surface area contributed by atoms with Gasteiger partial charge in [0.15, 0.2) is 6.10 Å². The Bertz CT molecular complexity index is 962. The van der Waals surface area contributed by atoms with Crippen molar-refractivity contribution in [3.05, 3.63) is 0 Å². The highest BCUT2D eigenvalue weighted by Gasteiger charge is 2.19. The van der Waals surface area contributed by atoms with Crippen LogP contribution >= 0.6 is 0 Å². The Hall–Kier alpha value is -1.59. The fourth-order valence-electron chi connectivity index (χ4n) is 8.70. The van der Waals surface area contributed by atoms with Crippen molar-refractivity contribution < 1.29 is 28.6 Å². The standard InChI is InChI=1S/C57H110O6/c1-6-7-8-9-10-11-12-13-14-17-23-29-34-39-44-49-57(60)63-54(51-62-56(59)48-43-38-33-28-24-19-21-26-31-36-41-46-53(4)5)50-61-55(58)47-42-37-32-27-22-18-15-16-20-25-30-35-40-45-52(2)3/h52-54H,6-51H2,1-5H3/t54-/m0/s1. The third kappa shape index (κ3) is 51.3. The van der Waals surface area contributed by atoms with Gasteiger partial charge >= 0.3 is 17.9 Å². The van der Waals surface area contributed by atoms with Gasteiger partial charge in [-0.1, -0.05) is 279 Å². The molecule has 6 heteroatoms. The topological polar surface area (TPSA) is 78.9 Å². The normalized spacial score (nSPS) is 12.0. The number of carbonyl (C=O) groups excluding carboxylic acids is 3. The maximum Gasteiger partial charge on any atom is 0.306 e. The van der Waals surface area contributed by atoms with Gasteiger partial charge in [0.1, 0.15) is 13.2 Å². The molecule has 0 bridgehead atoms. The summed E-state index contributed by atoms with van der Waals surface area (Å²) in [6, 6.07) is 0. The van der Waals surface area contributed by atoms with Crippen LogP contribution in [0.15, 0.2) is 0 Å². The molecule has 0 N–H and O–H groups in total. The van der Waals surface area contributed by atoms with Gasteiger partial charge in [-0.05, 0) is 31.1 Å². The zero-order chi connectivity index (χ0) is 46.1. The molecule has 1 atom stereocenters. The van der Waals surface area contributed by atoms with Gasteiger partial charge in [-0.2, -0.15) is 0 Å². The molecule has 0 rings (SSSR count). The lowest BCUT2D eigenvalue weighted by Crippen LogP contribution is -2.30. The van der Waals surface area contributed by atoms with Crippen LogP contribution in [0.1, 0.15) is 317 Å². The lowest BCUT2D eigenvalue weighted by atomic mass is 10.0. The molecule has 0 spiro atoms. The third-order valence-corrected chi connectivity index (χ3v) is 13.0. The number of ether oxygens (including phenoxy) is 3. The van der Waals surface area contributed by atoms with Gasteiger partial charge in [0.05, 0.1) is 0 Å². The van der Waals surface area contributed by atoms with Crippen LogP contribution in [0.2, 0.25) is 0 Å². The maximum absolute atomic E-state index is 12.8. The Morgan fingerprint density at radius 1 is 0.302 bits per heavy atom. The van der Waals surface area contributed by atoms with E-state index in [1.165, 1.54) is 205 Å². The van der Waals surface area contributed by atoms with E-state index in [1.54, 1.807) is 0 Å². The van der Waals surface area contributed by atoms with Crippen molar-refractivity contribution in [2.24, 2.45) is 11.8 Å². The van der Waals surface area contributed by atoms with E-state index >= 15 is 0 Å². The highest BCUT2D eigenvalue weighted by Crippen LogP contribution is 2.18. The Balaban J connectivity index is 4.31. The maximum atomic E-state index is 12.8. The fraction of sp³-hybridized carbons (Fsp3) is 0.947. The molecule has 0 amide bonds. The SMILES string of the molecule is CCCCCCCCCCCCCCCCCC(=O)O[C@@H](COC(=O)CCCCCCCCCCCCCCCC(C)C)COC(=O)CCCCCCCCCCCCCC(C)C. The quantitative estimate of drug-likeness (QED) is 0.0344. The molecule has 0 aromatic rings. The van der Waals surface area contributed by atoms with Gasteiger partial charge in [0.25, 0.3) is 0 Å². The van der Waals surface area contributed by atoms with E-state index in [0.717, 1.165) is 69.6 Å². The van der Waals surface area contributed by atoms with Crippen molar-refractivity contribution in [3.8, 4) is 0 Å². The molecule has 0 aliphatic carbocycles. The number of rotatable bonds is 51. The number of unbranched alkanes of at least 4 members (excludes halogenated alkanes) is 36. The van der Waals surface area contributed by atoms with Crippen molar-refractivity contribution in [2.75, 3.05) is 13.2 Å². The van der Waals surface area contributed by atoms with Crippen molar-refractivity contribution in [2.45, 2.75) is 323 Å². The van der Waals surface area contributed by atoms with E-state index in [1.807, 2.05) is 0 Å². The molecule has 0 aliphatic rings. The Morgan fingerprint density at radius 2 is 0.524 bits per heavy atom. The monoisotopic (exact) mass is 891 g/mol. The second-order valence-electron chi connectivity index (χ2n) is 20.5. The second kappa shape index (κ2) is 49.8. The largest absolute Gasteiger partial charge is 0.462 e. The average Bonchev–Trinajstić information content (AvgIpc) is 3.25. The lowest BCUT2D eigenvalue weighted by Gasteiger charge is -2.18. The molecule has 63 heavy (non-hydrogen) atoms. The van der Waals surface area contributed by atoms with Crippen LogP contribution in [-0.4, -0.2) is 37.2 Å². The van der Waals surface area contributed by atoms with E-state index in [-0.39, 0.29) is 31.1 Å². The molecular weight excluding hydrogens is 781 g/mol. The fourth-order valence-corrected chi connectivity index (χ4v) is 8.70. The molecule has 0 fully saturated rings. The van der Waals surface area contributed by atoms with Crippen LogP contribution in [0.3, 0.4) is 0 Å². The summed E-state index contributed by atoms with van der Waals surface area (Å²) in [7, 11) is 0. The van der Waals surface area contributed by atoms with Gasteiger partial charge in [-0.3, -0.25) is 14.4 Å². The molecule has 0 aromatic heterocycles. The van der Waals surface area contributed by atoms with E-state index < -0.39 is 6.10 Å². The molecule has 0 saturated carbocycles. The third-order valence-electron chi connectivity index (χ3n) is 13.0. The second-order valence-corrected chi connectivity index (χ2v) is 20.5. The first-order chi connectivity index (χ1) is 30.7. The van der Waals surface area contributed by atoms with E-state index in [9.17, 15) is 14.4 Å². The summed E-state index contributed by atoms with van der Waals surface area (Å²) < 4.78 is 16.9. The summed E-state index contributed by atoms with van der Waals surface area (Å²) in [5.74, 6) is 0.826. The van der Waals surface area contributed by atoms with E-state index in [4.69, 9.17) is 14.2 Å². The van der Waals surface area contributed by atoms with Crippen molar-refractivity contribution >= 4 is 17.9 Å². The highest BCUT2D eigenvalue weighted by molar-refractivity contribution is 5.71. The molecule has 0 aliphatic heterocycles. The van der Waals surface area contributed by atoms with Gasteiger partial charge in [-0.25, -0.2) is 0 Å². The highest BCUT2D eigenvalue weighted by atomic mass is 16.6. The minimum atomic E-state index is -0.762. The summed E-state index contributed by atoms with van der Waals surface area (Å²) in [5.41, 5.74) is 0. The average molecular weight is 892 g/mol. The number of esters is 3. The first-order valence-electron chi connectivity index (χ1n) is 28.2. The minimum absolute atomic E-state index is 0.0629. The molecule has 0 unspecified atom stereocenters. The van der Waals surface area contributed by atoms with Gasteiger partial charge in [0, 0.05) is 19.3 Å². The van der Waals surface area contributed by atoms with Crippen LogP contribution < -0.4 is 0 Å². The summed E-state index contributed by atoms with van der Waals surface area (Å²) in [6.45, 7) is 11.4. The van der Waals surface area contributed by atoms with E-state index in [2.05, 4.69) is 34.6 Å². The van der Waals surface area contributed by atoms with Gasteiger partial charge in [-0.15, -0.1) is 0 Å². The summed E-state index contributed by atoms with van der Waals surface area (Å²) in [6.07, 6.45) is 52.3. The zero-order valence-corrected chi connectivity index (χ0v) is 43.2. The molecule has 0 heterocycles. The van der Waals surface area contributed by atoms with Gasteiger partial charge < -0.3 is 14.2 Å². The predicted octanol–water partition coefficient (Wildman–Crippen LogP) is 18.5. The van der Waals surface area contributed by atoms with Crippen LogP contribution in [0.25, 0.3) is 0 Å². The van der Waals surface area contributed by atoms with Crippen molar-refractivity contribution in [3.63, 3.8) is 0 Å². The van der Waals surface area contributed by atoms with Crippen LogP contribution in [-0.2, 0) is 28.6 Å². The molecule has 6 nitrogen and oxygen atoms in total. The lowest BCUT2D eigenvalue weighted by molar-refractivity contribution is -0.167. The predicted molar refractivity (Wildman–Crippen MR) is 270 cm³/mol. The Kier molecular flexibility index (Phi) is 48.6. The van der Waals surface area contributed by atoms with Crippen molar-refractivity contribution in [1.82, 2.24) is 0 Å². The number of carbonyl (C=O) groups is 3. The molecule has 374 valence electrons. The number of hydrogen-bond donors (Lipinski definition) is 0. The minimum Gasteiger partial charge on any atom is -0.462 e. The molecular formula is C57H110O6.